The Balaban J connectivity index is 1.50. The molecule has 1 saturated heterocycles. The maximum atomic E-state index is 12.7. The van der Waals surface area contributed by atoms with Crippen LogP contribution >= 0.6 is 0 Å². The van der Waals surface area contributed by atoms with E-state index in [2.05, 4.69) is 20.1 Å². The first kappa shape index (κ1) is 18.7. The number of pyridine rings is 1. The molecule has 2 aromatic heterocycles. The molecule has 4 rings (SSSR count). The number of carbonyl (C=O) groups is 1. The number of nitrogens with one attached hydrogen (secondary N) is 1. The number of methoxy groups -OCH3 is 1. The van der Waals surface area contributed by atoms with Gasteiger partial charge in [-0.1, -0.05) is 30.3 Å². The van der Waals surface area contributed by atoms with Gasteiger partial charge >= 0.3 is 0 Å². The minimum Gasteiger partial charge on any atom is -0.481 e. The third kappa shape index (κ3) is 3.96. The maximum absolute atomic E-state index is 12.7. The first-order valence-electron chi connectivity index (χ1n) is 9.35. The lowest BCUT2D eigenvalue weighted by Crippen LogP contribution is -2.49. The van der Waals surface area contributed by atoms with Crippen molar-refractivity contribution in [2.45, 2.75) is 0 Å². The molecule has 1 fully saturated rings. The summed E-state index contributed by atoms with van der Waals surface area (Å²) in [6, 6.07) is 14.7. The molecular formula is C21H21N5O3. The number of aromatic nitrogens is 3. The van der Waals surface area contributed by atoms with Crippen molar-refractivity contribution in [1.29, 1.82) is 0 Å². The van der Waals surface area contributed by atoms with Crippen molar-refractivity contribution in [2.75, 3.05) is 38.2 Å². The molecule has 8 heteroatoms. The summed E-state index contributed by atoms with van der Waals surface area (Å²) >= 11 is 0. The fraction of sp³-hybridized carbons (Fsp3) is 0.238. The van der Waals surface area contributed by atoms with Crippen LogP contribution in [-0.4, -0.2) is 59.3 Å². The topological polar surface area (TPSA) is 91.4 Å². The van der Waals surface area contributed by atoms with Gasteiger partial charge < -0.3 is 14.5 Å². The molecule has 0 atom stereocenters. The van der Waals surface area contributed by atoms with E-state index < -0.39 is 0 Å². The van der Waals surface area contributed by atoms with E-state index in [9.17, 15) is 9.59 Å². The minimum absolute atomic E-state index is 0.0629. The molecule has 1 amide bonds. The first-order chi connectivity index (χ1) is 14.2. The number of rotatable bonds is 4. The van der Waals surface area contributed by atoms with Gasteiger partial charge in [-0.2, -0.15) is 5.10 Å². The zero-order valence-corrected chi connectivity index (χ0v) is 16.0. The second kappa shape index (κ2) is 8.14. The molecule has 0 bridgehead atoms. The maximum Gasteiger partial charge on any atom is 0.266 e. The monoisotopic (exact) mass is 391 g/mol. The van der Waals surface area contributed by atoms with Gasteiger partial charge in [0.05, 0.1) is 18.4 Å². The standard InChI is InChI=1S/C21H21N5O3/c1-29-19-8-7-16(14-22-19)21(28)26-11-9-25(10-12-26)17-13-18(27)23-24-20(17)15-5-3-2-4-6-15/h2-8,13-14H,9-12H2,1H3,(H,23,27). The predicted molar refractivity (Wildman–Crippen MR) is 109 cm³/mol. The van der Waals surface area contributed by atoms with E-state index in [1.165, 1.54) is 13.3 Å². The lowest BCUT2D eigenvalue weighted by Gasteiger charge is -2.36. The van der Waals surface area contributed by atoms with Crippen molar-refractivity contribution >= 4 is 11.6 Å². The predicted octanol–water partition coefficient (Wildman–Crippen LogP) is 1.80. The number of benzene rings is 1. The van der Waals surface area contributed by atoms with Gasteiger partial charge in [-0.05, 0) is 6.07 Å². The summed E-state index contributed by atoms with van der Waals surface area (Å²) in [5.74, 6) is 0.411. The number of carbonyl (C=O) groups excluding carboxylic acids is 1. The summed E-state index contributed by atoms with van der Waals surface area (Å²) in [6.07, 6.45) is 1.53. The fourth-order valence-corrected chi connectivity index (χ4v) is 3.40. The third-order valence-electron chi connectivity index (χ3n) is 4.94. The van der Waals surface area contributed by atoms with Crippen LogP contribution in [0.5, 0.6) is 5.88 Å². The number of ether oxygens (including phenoxy) is 1. The molecule has 0 saturated carbocycles. The third-order valence-corrected chi connectivity index (χ3v) is 4.94. The van der Waals surface area contributed by atoms with Gasteiger partial charge in [0.2, 0.25) is 5.88 Å². The summed E-state index contributed by atoms with van der Waals surface area (Å²) in [5.41, 5.74) is 2.72. The number of hydrogen-bond acceptors (Lipinski definition) is 6. The van der Waals surface area contributed by atoms with Crippen molar-refractivity contribution in [3.05, 3.63) is 70.6 Å². The summed E-state index contributed by atoms with van der Waals surface area (Å²) in [4.78, 5) is 32.6. The second-order valence-electron chi connectivity index (χ2n) is 6.70. The van der Waals surface area contributed by atoms with Gasteiger partial charge in [-0.25, -0.2) is 10.1 Å². The number of H-pyrrole nitrogens is 1. The average Bonchev–Trinajstić information content (AvgIpc) is 2.79. The lowest BCUT2D eigenvalue weighted by molar-refractivity contribution is 0.0746. The van der Waals surface area contributed by atoms with E-state index in [0.717, 1.165) is 16.9 Å². The first-order valence-corrected chi connectivity index (χ1v) is 9.35. The van der Waals surface area contributed by atoms with Crippen molar-refractivity contribution in [3.8, 4) is 17.1 Å². The van der Waals surface area contributed by atoms with Crippen LogP contribution in [0.15, 0.2) is 59.5 Å². The molecule has 8 nitrogen and oxygen atoms in total. The normalized spacial score (nSPS) is 14.0. The molecule has 29 heavy (non-hydrogen) atoms. The lowest BCUT2D eigenvalue weighted by atomic mass is 10.1. The summed E-state index contributed by atoms with van der Waals surface area (Å²) in [6.45, 7) is 2.32. The van der Waals surface area contributed by atoms with Gasteiger partial charge in [0.15, 0.2) is 0 Å². The second-order valence-corrected chi connectivity index (χ2v) is 6.70. The Kier molecular flexibility index (Phi) is 5.24. The van der Waals surface area contributed by atoms with E-state index in [1.807, 2.05) is 30.3 Å². The quantitative estimate of drug-likeness (QED) is 0.729. The Morgan fingerprint density at radius 2 is 1.83 bits per heavy atom. The van der Waals surface area contributed by atoms with Crippen molar-refractivity contribution in [3.63, 3.8) is 0 Å². The van der Waals surface area contributed by atoms with Crippen LogP contribution in [0.1, 0.15) is 10.4 Å². The molecule has 0 spiro atoms. The Morgan fingerprint density at radius 1 is 1.07 bits per heavy atom. The van der Waals surface area contributed by atoms with E-state index in [-0.39, 0.29) is 11.5 Å². The largest absolute Gasteiger partial charge is 0.481 e. The number of amides is 1. The van der Waals surface area contributed by atoms with Gasteiger partial charge in [0.1, 0.15) is 5.69 Å². The Morgan fingerprint density at radius 3 is 2.48 bits per heavy atom. The van der Waals surface area contributed by atoms with Gasteiger partial charge in [-0.15, -0.1) is 0 Å². The Labute approximate surface area is 167 Å². The van der Waals surface area contributed by atoms with Crippen LogP contribution in [-0.2, 0) is 0 Å². The smallest absolute Gasteiger partial charge is 0.266 e. The van der Waals surface area contributed by atoms with Crippen molar-refractivity contribution < 1.29 is 9.53 Å². The van der Waals surface area contributed by atoms with E-state index in [1.54, 1.807) is 23.1 Å². The van der Waals surface area contributed by atoms with Crippen LogP contribution in [0.25, 0.3) is 11.3 Å². The molecule has 1 N–H and O–H groups in total. The van der Waals surface area contributed by atoms with Gasteiger partial charge in [0, 0.05) is 50.1 Å². The number of aromatic amines is 1. The molecule has 3 aromatic rings. The number of piperazine rings is 1. The van der Waals surface area contributed by atoms with E-state index in [0.29, 0.717) is 37.6 Å². The highest BCUT2D eigenvalue weighted by Crippen LogP contribution is 2.27. The molecule has 0 radical (unpaired) electrons. The van der Waals surface area contributed by atoms with Crippen LogP contribution < -0.4 is 15.2 Å². The SMILES string of the molecule is COc1ccc(C(=O)N2CCN(c3cc(=O)[nH]nc3-c3ccccc3)CC2)cn1. The van der Waals surface area contributed by atoms with Gasteiger partial charge in [0.25, 0.3) is 11.5 Å². The highest BCUT2D eigenvalue weighted by atomic mass is 16.5. The average molecular weight is 391 g/mol. The Bertz CT molecular complexity index is 1040. The highest BCUT2D eigenvalue weighted by molar-refractivity contribution is 5.94. The molecule has 1 aromatic carbocycles. The minimum atomic E-state index is -0.248. The molecular weight excluding hydrogens is 370 g/mol. The Hall–Kier alpha value is -3.68. The molecule has 0 unspecified atom stereocenters. The zero-order valence-electron chi connectivity index (χ0n) is 16.0. The molecule has 1 aliphatic rings. The molecule has 0 aliphatic carbocycles. The van der Waals surface area contributed by atoms with Crippen LogP contribution in [0.3, 0.4) is 0 Å². The molecule has 148 valence electrons. The number of anilines is 1. The fourth-order valence-electron chi connectivity index (χ4n) is 3.40. The zero-order chi connectivity index (χ0) is 20.2. The van der Waals surface area contributed by atoms with Crippen LogP contribution in [0.2, 0.25) is 0 Å². The van der Waals surface area contributed by atoms with Crippen molar-refractivity contribution in [2.24, 2.45) is 0 Å². The molecule has 3 heterocycles. The van der Waals surface area contributed by atoms with Crippen LogP contribution in [0.4, 0.5) is 5.69 Å². The summed E-state index contributed by atoms with van der Waals surface area (Å²) < 4.78 is 5.04. The summed E-state index contributed by atoms with van der Waals surface area (Å²) in [7, 11) is 1.54. The number of hydrogen-bond donors (Lipinski definition) is 1. The van der Waals surface area contributed by atoms with E-state index >= 15 is 0 Å². The van der Waals surface area contributed by atoms with Crippen molar-refractivity contribution in [1.82, 2.24) is 20.1 Å². The van der Waals surface area contributed by atoms with Crippen LogP contribution in [0, 0.1) is 0 Å². The number of nitrogens with zero attached hydrogens (tertiary/aromatic N) is 4. The highest BCUT2D eigenvalue weighted by Gasteiger charge is 2.24. The van der Waals surface area contributed by atoms with Gasteiger partial charge in [-0.3, -0.25) is 9.59 Å². The molecule has 1 aliphatic heterocycles. The summed E-state index contributed by atoms with van der Waals surface area (Å²) in [5, 5.41) is 6.78. The van der Waals surface area contributed by atoms with E-state index in [4.69, 9.17) is 4.74 Å².